The van der Waals surface area contributed by atoms with Gasteiger partial charge in [-0.2, -0.15) is 5.26 Å². The maximum absolute atomic E-state index is 11.8. The number of methoxy groups -OCH3 is 1. The molecule has 0 N–H and O–H groups in total. The molecule has 0 aliphatic carbocycles. The van der Waals surface area contributed by atoms with Crippen LogP contribution in [0.25, 0.3) is 0 Å². The average molecular weight is 272 g/mol. The molecule has 0 spiro atoms. The third-order valence-corrected chi connectivity index (χ3v) is 3.87. The van der Waals surface area contributed by atoms with Crippen LogP contribution in [0.5, 0.6) is 5.75 Å². The van der Waals surface area contributed by atoms with Gasteiger partial charge in [-0.05, 0) is 44.5 Å². The highest BCUT2D eigenvalue weighted by atomic mass is 16.5. The smallest absolute Gasteiger partial charge is 0.146 e. The number of hydrogen-bond donors (Lipinski definition) is 0. The Morgan fingerprint density at radius 2 is 2.30 bits per heavy atom. The summed E-state index contributed by atoms with van der Waals surface area (Å²) in [5.41, 5.74) is 1.59. The number of rotatable bonds is 4. The number of carbonyl (C=O) groups is 1. The van der Waals surface area contributed by atoms with E-state index in [9.17, 15) is 4.79 Å². The topological polar surface area (TPSA) is 53.3 Å². The van der Waals surface area contributed by atoms with Gasteiger partial charge < -0.3 is 4.74 Å². The maximum Gasteiger partial charge on any atom is 0.146 e. The molecule has 2 rings (SSSR count). The molecule has 0 amide bonds. The van der Waals surface area contributed by atoms with E-state index in [2.05, 4.69) is 11.0 Å². The molecule has 1 aromatic rings. The second-order valence-electron chi connectivity index (χ2n) is 5.23. The lowest BCUT2D eigenvalue weighted by Gasteiger charge is -2.34. The van der Waals surface area contributed by atoms with Crippen molar-refractivity contribution in [2.45, 2.75) is 38.8 Å². The fraction of sp³-hybridized carbons (Fsp3) is 0.500. The van der Waals surface area contributed by atoms with Crippen molar-refractivity contribution in [1.29, 1.82) is 5.26 Å². The fourth-order valence-corrected chi connectivity index (χ4v) is 2.83. The molecule has 1 fully saturated rings. The number of likely N-dealkylation sites (tertiary alicyclic amines) is 1. The first-order valence-corrected chi connectivity index (χ1v) is 6.97. The zero-order chi connectivity index (χ0) is 14.5. The molecule has 1 atom stereocenters. The van der Waals surface area contributed by atoms with E-state index in [-0.39, 0.29) is 11.8 Å². The van der Waals surface area contributed by atoms with E-state index >= 15 is 0 Å². The zero-order valence-electron chi connectivity index (χ0n) is 12.1. The van der Waals surface area contributed by atoms with E-state index in [4.69, 9.17) is 10.00 Å². The molecule has 0 saturated carbocycles. The van der Waals surface area contributed by atoms with Gasteiger partial charge in [0, 0.05) is 12.1 Å². The van der Waals surface area contributed by atoms with E-state index in [1.807, 2.05) is 12.1 Å². The van der Waals surface area contributed by atoms with Crippen LogP contribution in [0.3, 0.4) is 0 Å². The lowest BCUT2D eigenvalue weighted by Crippen LogP contribution is -2.43. The van der Waals surface area contributed by atoms with Crippen molar-refractivity contribution in [1.82, 2.24) is 4.90 Å². The van der Waals surface area contributed by atoms with Crippen molar-refractivity contribution in [3.05, 3.63) is 29.3 Å². The number of ketones is 1. The van der Waals surface area contributed by atoms with Crippen molar-refractivity contribution in [2.75, 3.05) is 13.7 Å². The van der Waals surface area contributed by atoms with Gasteiger partial charge in [-0.3, -0.25) is 9.69 Å². The third kappa shape index (κ3) is 3.17. The summed E-state index contributed by atoms with van der Waals surface area (Å²) in [6.07, 6.45) is 3.15. The Kier molecular flexibility index (Phi) is 4.75. The van der Waals surface area contributed by atoms with Gasteiger partial charge >= 0.3 is 0 Å². The monoisotopic (exact) mass is 272 g/mol. The molecule has 1 aliphatic heterocycles. The zero-order valence-corrected chi connectivity index (χ0v) is 12.1. The number of nitriles is 1. The Morgan fingerprint density at radius 1 is 1.50 bits per heavy atom. The van der Waals surface area contributed by atoms with Gasteiger partial charge in [-0.1, -0.05) is 6.42 Å². The second kappa shape index (κ2) is 6.53. The van der Waals surface area contributed by atoms with Gasteiger partial charge in [0.2, 0.25) is 0 Å². The van der Waals surface area contributed by atoms with Crippen LogP contribution in [-0.2, 0) is 11.3 Å². The third-order valence-electron chi connectivity index (χ3n) is 3.87. The lowest BCUT2D eigenvalue weighted by atomic mass is 9.98. The first kappa shape index (κ1) is 14.5. The minimum atomic E-state index is -0.000743. The number of nitrogens with zero attached hydrogens (tertiary/aromatic N) is 2. The summed E-state index contributed by atoms with van der Waals surface area (Å²) in [5.74, 6) is 0.997. The number of ether oxygens (including phenoxy) is 1. The van der Waals surface area contributed by atoms with Gasteiger partial charge in [0.15, 0.2) is 0 Å². The number of benzene rings is 1. The summed E-state index contributed by atoms with van der Waals surface area (Å²) in [6.45, 7) is 3.24. The van der Waals surface area contributed by atoms with Crippen LogP contribution in [0.15, 0.2) is 18.2 Å². The minimum Gasteiger partial charge on any atom is -0.496 e. The van der Waals surface area contributed by atoms with Crippen LogP contribution in [0.1, 0.15) is 37.3 Å². The highest BCUT2D eigenvalue weighted by Gasteiger charge is 2.26. The second-order valence-corrected chi connectivity index (χ2v) is 5.23. The summed E-state index contributed by atoms with van der Waals surface area (Å²) in [6, 6.07) is 7.57. The lowest BCUT2D eigenvalue weighted by molar-refractivity contribution is -0.123. The number of piperidine rings is 1. The molecule has 106 valence electrons. The molecule has 0 radical (unpaired) electrons. The molecule has 4 nitrogen and oxygen atoms in total. The summed E-state index contributed by atoms with van der Waals surface area (Å²) in [7, 11) is 1.63. The van der Waals surface area contributed by atoms with E-state index < -0.39 is 0 Å². The Hall–Kier alpha value is -1.86. The average Bonchev–Trinajstić information content (AvgIpc) is 2.47. The summed E-state index contributed by atoms with van der Waals surface area (Å²) < 4.78 is 5.36. The van der Waals surface area contributed by atoms with E-state index in [1.54, 1.807) is 20.1 Å². The fourth-order valence-electron chi connectivity index (χ4n) is 2.83. The van der Waals surface area contributed by atoms with Crippen molar-refractivity contribution in [3.63, 3.8) is 0 Å². The molecular formula is C16H20N2O2. The quantitative estimate of drug-likeness (QED) is 0.845. The highest BCUT2D eigenvalue weighted by Crippen LogP contribution is 2.25. The molecule has 4 heteroatoms. The van der Waals surface area contributed by atoms with E-state index in [1.165, 1.54) is 0 Å². The first-order valence-electron chi connectivity index (χ1n) is 6.97. The summed E-state index contributed by atoms with van der Waals surface area (Å²) >= 11 is 0. The molecule has 0 aromatic heterocycles. The Morgan fingerprint density at radius 3 is 2.95 bits per heavy atom. The predicted molar refractivity (Wildman–Crippen MR) is 76.4 cm³/mol. The van der Waals surface area contributed by atoms with Crippen LogP contribution in [0, 0.1) is 11.3 Å². The van der Waals surface area contributed by atoms with Gasteiger partial charge in [0.05, 0.1) is 24.8 Å². The molecule has 1 heterocycles. The molecule has 1 saturated heterocycles. The summed E-state index contributed by atoms with van der Waals surface area (Å²) in [4.78, 5) is 14.0. The predicted octanol–water partition coefficient (Wildman–Crippen LogP) is 2.51. The molecule has 1 aliphatic rings. The maximum atomic E-state index is 11.8. The summed E-state index contributed by atoms with van der Waals surface area (Å²) in [5, 5.41) is 9.01. The van der Waals surface area contributed by atoms with Crippen LogP contribution in [0.2, 0.25) is 0 Å². The molecule has 0 bridgehead atoms. The van der Waals surface area contributed by atoms with Gasteiger partial charge in [-0.25, -0.2) is 0 Å². The number of carbonyl (C=O) groups excluding carboxylic acids is 1. The van der Waals surface area contributed by atoms with Crippen LogP contribution < -0.4 is 4.74 Å². The Balaban J connectivity index is 2.23. The number of hydrogen-bond acceptors (Lipinski definition) is 4. The van der Waals surface area contributed by atoms with Crippen molar-refractivity contribution < 1.29 is 9.53 Å². The first-order chi connectivity index (χ1) is 9.65. The van der Waals surface area contributed by atoms with Crippen LogP contribution in [-0.4, -0.2) is 30.4 Å². The highest BCUT2D eigenvalue weighted by molar-refractivity contribution is 5.81. The molecule has 1 unspecified atom stereocenters. The molecule has 1 aromatic carbocycles. The minimum absolute atomic E-state index is 0.000743. The van der Waals surface area contributed by atoms with Gasteiger partial charge in [-0.15, -0.1) is 0 Å². The molecule has 20 heavy (non-hydrogen) atoms. The Labute approximate surface area is 120 Å². The van der Waals surface area contributed by atoms with E-state index in [0.29, 0.717) is 12.1 Å². The molecular weight excluding hydrogens is 252 g/mol. The SMILES string of the molecule is COc1ccc(C#N)cc1CN1CCCCC1C(C)=O. The van der Waals surface area contributed by atoms with Crippen LogP contribution >= 0.6 is 0 Å². The number of Topliss-reactive ketones (excluding diaryl/α,β-unsaturated/α-hetero) is 1. The van der Waals surface area contributed by atoms with Gasteiger partial charge in [0.1, 0.15) is 11.5 Å². The Bertz CT molecular complexity index is 534. The normalized spacial score (nSPS) is 19.4. The van der Waals surface area contributed by atoms with Crippen molar-refractivity contribution >= 4 is 5.78 Å². The largest absolute Gasteiger partial charge is 0.496 e. The van der Waals surface area contributed by atoms with Gasteiger partial charge in [0.25, 0.3) is 0 Å². The van der Waals surface area contributed by atoms with E-state index in [0.717, 1.165) is 37.1 Å². The van der Waals surface area contributed by atoms with Crippen molar-refractivity contribution in [2.24, 2.45) is 0 Å². The van der Waals surface area contributed by atoms with Crippen molar-refractivity contribution in [3.8, 4) is 11.8 Å². The van der Waals surface area contributed by atoms with Crippen LogP contribution in [0.4, 0.5) is 0 Å². The standard InChI is InChI=1S/C16H20N2O2/c1-12(19)15-5-3-4-8-18(15)11-14-9-13(10-17)6-7-16(14)20-2/h6-7,9,15H,3-5,8,11H2,1-2H3.